The van der Waals surface area contributed by atoms with Crippen molar-refractivity contribution in [2.75, 3.05) is 13.7 Å². The number of methoxy groups -OCH3 is 1. The van der Waals surface area contributed by atoms with Crippen LogP contribution < -0.4 is 20.1 Å². The summed E-state index contributed by atoms with van der Waals surface area (Å²) in [6, 6.07) is 2.16. The topological polar surface area (TPSA) is 76.7 Å². The van der Waals surface area contributed by atoms with Crippen LogP contribution in [0.2, 0.25) is 5.02 Å². The molecule has 0 unspecified atom stereocenters. The van der Waals surface area contributed by atoms with Crippen LogP contribution in [0.25, 0.3) is 0 Å². The number of amides is 2. The van der Waals surface area contributed by atoms with Crippen LogP contribution in [0.15, 0.2) is 37.1 Å². The van der Waals surface area contributed by atoms with Crippen molar-refractivity contribution in [2.45, 2.75) is 13.0 Å². The van der Waals surface area contributed by atoms with Gasteiger partial charge in [-0.3, -0.25) is 4.79 Å². The molecule has 1 aromatic carbocycles. The van der Waals surface area contributed by atoms with E-state index in [0.717, 1.165) is 0 Å². The Morgan fingerprint density at radius 3 is 2.71 bits per heavy atom. The van der Waals surface area contributed by atoms with Crippen molar-refractivity contribution in [2.24, 2.45) is 5.92 Å². The smallest absolute Gasteiger partial charge is 0.319 e. The Hall–Kier alpha value is -2.47. The minimum atomic E-state index is -0.640. The molecule has 2 rings (SSSR count). The number of hydrogen-bond donors (Lipinski definition) is 2. The highest BCUT2D eigenvalue weighted by molar-refractivity contribution is 6.31. The molecule has 2 N–H and O–H groups in total. The number of carbonyl (C=O) groups is 2. The van der Waals surface area contributed by atoms with E-state index in [9.17, 15) is 9.59 Å². The zero-order chi connectivity index (χ0) is 17.9. The van der Waals surface area contributed by atoms with Crippen LogP contribution >= 0.6 is 11.6 Å². The van der Waals surface area contributed by atoms with Crippen LogP contribution in [-0.2, 0) is 4.79 Å². The Kier molecular flexibility index (Phi) is 5.51. The Morgan fingerprint density at radius 1 is 1.42 bits per heavy atom. The fraction of sp³-hybridized carbons (Fsp3) is 0.294. The number of nitrogens with one attached hydrogen (secondary N) is 2. The second-order valence-electron chi connectivity index (χ2n) is 5.31. The van der Waals surface area contributed by atoms with Gasteiger partial charge in [-0.15, -0.1) is 0 Å². The van der Waals surface area contributed by atoms with Crippen LogP contribution in [0.3, 0.4) is 0 Å². The number of ether oxygens (including phenoxy) is 2. The monoisotopic (exact) mass is 350 g/mol. The summed E-state index contributed by atoms with van der Waals surface area (Å²) in [5.41, 5.74) is 0.883. The molecule has 2 atom stereocenters. The van der Waals surface area contributed by atoms with Gasteiger partial charge in [0.1, 0.15) is 12.4 Å². The molecule has 0 saturated carbocycles. The maximum atomic E-state index is 12.0. The van der Waals surface area contributed by atoms with Gasteiger partial charge in [0.25, 0.3) is 0 Å². The van der Waals surface area contributed by atoms with Gasteiger partial charge in [-0.05, 0) is 18.6 Å². The first-order chi connectivity index (χ1) is 11.4. The first-order valence-corrected chi connectivity index (χ1v) is 7.64. The lowest BCUT2D eigenvalue weighted by Crippen LogP contribution is -2.50. The second kappa shape index (κ2) is 7.40. The first-order valence-electron chi connectivity index (χ1n) is 7.27. The average Bonchev–Trinajstić information content (AvgIpc) is 2.51. The fourth-order valence-corrected chi connectivity index (χ4v) is 2.90. The third-order valence-electron chi connectivity index (χ3n) is 3.68. The highest BCUT2D eigenvalue weighted by atomic mass is 35.5. The van der Waals surface area contributed by atoms with Gasteiger partial charge in [0.05, 0.1) is 19.1 Å². The molecular weight excluding hydrogens is 332 g/mol. The average molecular weight is 351 g/mol. The molecule has 2 amide bonds. The minimum Gasteiger partial charge on any atom is -0.493 e. The van der Waals surface area contributed by atoms with Crippen molar-refractivity contribution in [3.63, 3.8) is 0 Å². The quantitative estimate of drug-likeness (QED) is 0.773. The summed E-state index contributed by atoms with van der Waals surface area (Å²) in [7, 11) is 1.50. The Bertz CT molecular complexity index is 702. The lowest BCUT2D eigenvalue weighted by Gasteiger charge is -2.34. The van der Waals surface area contributed by atoms with E-state index in [1.807, 2.05) is 0 Å². The maximum Gasteiger partial charge on any atom is 0.319 e. The highest BCUT2D eigenvalue weighted by Gasteiger charge is 2.37. The van der Waals surface area contributed by atoms with Gasteiger partial charge in [0.15, 0.2) is 11.5 Å². The van der Waals surface area contributed by atoms with Crippen LogP contribution in [-0.4, -0.2) is 25.5 Å². The lowest BCUT2D eigenvalue weighted by molar-refractivity contribution is -0.120. The molecule has 7 heteroatoms. The van der Waals surface area contributed by atoms with Crippen molar-refractivity contribution in [3.8, 4) is 11.5 Å². The molecule has 1 aromatic rings. The van der Waals surface area contributed by atoms with Crippen LogP contribution in [0.4, 0.5) is 4.79 Å². The number of ketones is 1. The molecule has 0 bridgehead atoms. The van der Waals surface area contributed by atoms with Gasteiger partial charge in [-0.1, -0.05) is 30.8 Å². The Balaban J connectivity index is 2.48. The summed E-state index contributed by atoms with van der Waals surface area (Å²) >= 11 is 6.36. The summed E-state index contributed by atoms with van der Waals surface area (Å²) in [5, 5.41) is 5.59. The van der Waals surface area contributed by atoms with Gasteiger partial charge in [-0.2, -0.15) is 0 Å². The zero-order valence-corrected chi connectivity index (χ0v) is 14.3. The van der Waals surface area contributed by atoms with E-state index in [1.54, 1.807) is 18.2 Å². The molecule has 6 nitrogen and oxygen atoms in total. The standard InChI is InChI=1S/C17H19ClN2O4/c1-5-6-24-14-8-12(18)11(7-13(14)23-4)16-15(10(3)21)9(2)19-17(22)20-16/h5,7-8,15-16H,1-2,6H2,3-4H3,(H2,19,20,22)/t15-,16-/m1/s1. The molecule has 24 heavy (non-hydrogen) atoms. The van der Waals surface area contributed by atoms with E-state index in [1.165, 1.54) is 14.0 Å². The predicted octanol–water partition coefficient (Wildman–Crippen LogP) is 2.99. The SMILES string of the molecule is C=CCOc1cc(Cl)c([C@H]2NC(=O)NC(=C)[C@@H]2C(C)=O)cc1OC. The van der Waals surface area contributed by atoms with Gasteiger partial charge < -0.3 is 20.1 Å². The largest absolute Gasteiger partial charge is 0.493 e. The fourth-order valence-electron chi connectivity index (χ4n) is 2.63. The van der Waals surface area contributed by atoms with Crippen LogP contribution in [0.1, 0.15) is 18.5 Å². The number of halogens is 1. The van der Waals surface area contributed by atoms with E-state index < -0.39 is 18.0 Å². The second-order valence-corrected chi connectivity index (χ2v) is 5.72. The maximum absolute atomic E-state index is 12.0. The Morgan fingerprint density at radius 2 is 2.12 bits per heavy atom. The van der Waals surface area contributed by atoms with Crippen molar-refractivity contribution in [3.05, 3.63) is 47.6 Å². The lowest BCUT2D eigenvalue weighted by atomic mass is 9.86. The van der Waals surface area contributed by atoms with Crippen LogP contribution in [0.5, 0.6) is 11.5 Å². The number of Topliss-reactive ketones (excluding diaryl/α,β-unsaturated/α-hetero) is 1. The van der Waals surface area contributed by atoms with E-state index in [-0.39, 0.29) is 5.78 Å². The number of carbonyl (C=O) groups excluding carboxylic acids is 2. The molecule has 0 aromatic heterocycles. The summed E-state index contributed by atoms with van der Waals surface area (Å²) in [6.07, 6.45) is 1.60. The summed E-state index contributed by atoms with van der Waals surface area (Å²) in [6.45, 7) is 9.09. The third-order valence-corrected chi connectivity index (χ3v) is 4.01. The summed E-state index contributed by atoms with van der Waals surface area (Å²) in [4.78, 5) is 23.8. The van der Waals surface area contributed by atoms with Gasteiger partial charge in [0, 0.05) is 16.8 Å². The van der Waals surface area contributed by atoms with Gasteiger partial charge >= 0.3 is 6.03 Å². The molecule has 1 aliphatic rings. The predicted molar refractivity (Wildman–Crippen MR) is 91.4 cm³/mol. The highest BCUT2D eigenvalue weighted by Crippen LogP contribution is 2.40. The van der Waals surface area contributed by atoms with E-state index >= 15 is 0 Å². The van der Waals surface area contributed by atoms with Crippen molar-refractivity contribution in [1.29, 1.82) is 0 Å². The third kappa shape index (κ3) is 3.54. The van der Waals surface area contributed by atoms with E-state index in [2.05, 4.69) is 23.8 Å². The molecule has 0 aliphatic carbocycles. The molecular formula is C17H19ClN2O4. The van der Waals surface area contributed by atoms with E-state index in [4.69, 9.17) is 21.1 Å². The number of urea groups is 1. The summed E-state index contributed by atoms with van der Waals surface area (Å²) in [5.74, 6) is 0.117. The molecule has 1 aliphatic heterocycles. The number of hydrogen-bond acceptors (Lipinski definition) is 4. The molecule has 1 heterocycles. The van der Waals surface area contributed by atoms with Crippen molar-refractivity contribution in [1.82, 2.24) is 10.6 Å². The van der Waals surface area contributed by atoms with Crippen molar-refractivity contribution >= 4 is 23.4 Å². The van der Waals surface area contributed by atoms with Crippen molar-refractivity contribution < 1.29 is 19.1 Å². The van der Waals surface area contributed by atoms with Gasteiger partial charge in [0.2, 0.25) is 0 Å². The normalized spacial score (nSPS) is 20.0. The van der Waals surface area contributed by atoms with Gasteiger partial charge in [-0.25, -0.2) is 4.79 Å². The molecule has 0 spiro atoms. The molecule has 1 fully saturated rings. The molecule has 1 saturated heterocycles. The first kappa shape index (κ1) is 17.9. The Labute approximate surface area is 145 Å². The molecule has 0 radical (unpaired) electrons. The number of rotatable bonds is 6. The number of benzene rings is 1. The molecule has 128 valence electrons. The minimum absolute atomic E-state index is 0.139. The van der Waals surface area contributed by atoms with E-state index in [0.29, 0.717) is 34.4 Å². The van der Waals surface area contributed by atoms with Crippen LogP contribution in [0, 0.1) is 5.92 Å². The summed E-state index contributed by atoms with van der Waals surface area (Å²) < 4.78 is 10.8. The zero-order valence-electron chi connectivity index (χ0n) is 13.5.